The molecule has 4 nitrogen and oxygen atoms in total. The Kier molecular flexibility index (Phi) is 4.90. The average Bonchev–Trinajstić information content (AvgIpc) is 2.88. The summed E-state index contributed by atoms with van der Waals surface area (Å²) >= 11 is 0. The molecule has 1 aliphatic heterocycles. The van der Waals surface area contributed by atoms with Gasteiger partial charge >= 0.3 is 0 Å². The number of carbonyl (C=O) groups is 2. The topological polar surface area (TPSA) is 63.4 Å². The number of hydrogen-bond acceptors (Lipinski definition) is 3. The van der Waals surface area contributed by atoms with Crippen molar-refractivity contribution in [3.05, 3.63) is 29.3 Å². The van der Waals surface area contributed by atoms with E-state index >= 15 is 0 Å². The van der Waals surface area contributed by atoms with Crippen LogP contribution in [0.5, 0.6) is 0 Å². The van der Waals surface area contributed by atoms with Gasteiger partial charge in [-0.2, -0.15) is 0 Å². The van der Waals surface area contributed by atoms with Crippen molar-refractivity contribution in [3.8, 4) is 0 Å². The van der Waals surface area contributed by atoms with E-state index in [0.29, 0.717) is 19.4 Å². The standard InChI is InChI=1S/C16H22N2O2/c1-2-4-16(20)18-10-8-12-11-13(6-7-14(12)18)15(19)5-3-9-17/h6-7,11H,2-5,8-10,17H2,1H3. The number of anilines is 1. The van der Waals surface area contributed by atoms with Crippen molar-refractivity contribution in [2.24, 2.45) is 5.73 Å². The maximum absolute atomic E-state index is 12.0. The molecule has 108 valence electrons. The Balaban J connectivity index is 2.14. The van der Waals surface area contributed by atoms with Crippen LogP contribution in [0.4, 0.5) is 5.69 Å². The summed E-state index contributed by atoms with van der Waals surface area (Å²) in [6, 6.07) is 5.67. The van der Waals surface area contributed by atoms with Crippen molar-refractivity contribution in [2.75, 3.05) is 18.0 Å². The normalized spacial score (nSPS) is 13.4. The van der Waals surface area contributed by atoms with Gasteiger partial charge in [-0.05, 0) is 49.6 Å². The van der Waals surface area contributed by atoms with E-state index in [-0.39, 0.29) is 11.7 Å². The van der Waals surface area contributed by atoms with Crippen molar-refractivity contribution >= 4 is 17.4 Å². The lowest BCUT2D eigenvalue weighted by atomic mass is 10.0. The van der Waals surface area contributed by atoms with Crippen LogP contribution in [-0.4, -0.2) is 24.8 Å². The molecule has 0 aromatic heterocycles. The SMILES string of the molecule is CCCC(=O)N1CCc2cc(C(=O)CCCN)ccc21. The molecule has 0 fully saturated rings. The third kappa shape index (κ3) is 3.07. The summed E-state index contributed by atoms with van der Waals surface area (Å²) in [5.41, 5.74) is 8.24. The van der Waals surface area contributed by atoms with Gasteiger partial charge in [0.25, 0.3) is 0 Å². The Labute approximate surface area is 119 Å². The van der Waals surface area contributed by atoms with Gasteiger partial charge in [0.2, 0.25) is 5.91 Å². The molecule has 0 atom stereocenters. The minimum absolute atomic E-state index is 0.136. The molecule has 1 aromatic rings. The number of benzene rings is 1. The summed E-state index contributed by atoms with van der Waals surface area (Å²) in [7, 11) is 0. The van der Waals surface area contributed by atoms with Gasteiger partial charge in [-0.15, -0.1) is 0 Å². The number of ketones is 1. The highest BCUT2D eigenvalue weighted by Gasteiger charge is 2.24. The number of nitrogens with two attached hydrogens (primary N) is 1. The molecule has 20 heavy (non-hydrogen) atoms. The van der Waals surface area contributed by atoms with E-state index in [1.54, 1.807) is 0 Å². The first-order valence-electron chi connectivity index (χ1n) is 7.34. The van der Waals surface area contributed by atoms with Crippen LogP contribution in [0, 0.1) is 0 Å². The van der Waals surface area contributed by atoms with E-state index in [2.05, 4.69) is 0 Å². The summed E-state index contributed by atoms with van der Waals surface area (Å²) < 4.78 is 0. The molecule has 2 N–H and O–H groups in total. The lowest BCUT2D eigenvalue weighted by molar-refractivity contribution is -0.118. The zero-order chi connectivity index (χ0) is 14.5. The molecule has 0 saturated carbocycles. The molecule has 0 bridgehead atoms. The molecule has 1 aromatic carbocycles. The van der Waals surface area contributed by atoms with Gasteiger partial charge in [0.1, 0.15) is 0 Å². The highest BCUT2D eigenvalue weighted by atomic mass is 16.2. The van der Waals surface area contributed by atoms with Crippen LogP contribution in [0.1, 0.15) is 48.5 Å². The molecule has 1 amide bonds. The second kappa shape index (κ2) is 6.66. The van der Waals surface area contributed by atoms with E-state index in [4.69, 9.17) is 5.73 Å². The largest absolute Gasteiger partial charge is 0.330 e. The first-order chi connectivity index (χ1) is 9.67. The number of Topliss-reactive ketones (excluding diaryl/α,β-unsaturated/α-hetero) is 1. The van der Waals surface area contributed by atoms with Crippen LogP contribution >= 0.6 is 0 Å². The van der Waals surface area contributed by atoms with Gasteiger partial charge in [-0.25, -0.2) is 0 Å². The minimum atomic E-state index is 0.136. The lowest BCUT2D eigenvalue weighted by Gasteiger charge is -2.17. The number of carbonyl (C=O) groups excluding carboxylic acids is 2. The lowest BCUT2D eigenvalue weighted by Crippen LogP contribution is -2.28. The van der Waals surface area contributed by atoms with Crippen LogP contribution in [0.25, 0.3) is 0 Å². The summed E-state index contributed by atoms with van der Waals surface area (Å²) in [5, 5.41) is 0. The third-order valence-corrected chi connectivity index (χ3v) is 3.67. The van der Waals surface area contributed by atoms with E-state index in [0.717, 1.165) is 42.6 Å². The van der Waals surface area contributed by atoms with Crippen molar-refractivity contribution < 1.29 is 9.59 Å². The molecule has 1 heterocycles. The number of hydrogen-bond donors (Lipinski definition) is 1. The molecule has 1 aliphatic rings. The third-order valence-electron chi connectivity index (χ3n) is 3.67. The number of rotatable bonds is 6. The zero-order valence-electron chi connectivity index (χ0n) is 12.0. The first kappa shape index (κ1) is 14.7. The van der Waals surface area contributed by atoms with Crippen LogP contribution < -0.4 is 10.6 Å². The van der Waals surface area contributed by atoms with Gasteiger partial charge < -0.3 is 10.6 Å². The quantitative estimate of drug-likeness (QED) is 0.810. The Morgan fingerprint density at radius 3 is 2.80 bits per heavy atom. The summed E-state index contributed by atoms with van der Waals surface area (Å²) in [6.45, 7) is 3.28. The molecule has 0 unspecified atom stereocenters. The fourth-order valence-electron chi connectivity index (χ4n) is 2.59. The second-order valence-electron chi connectivity index (χ2n) is 5.20. The molecular formula is C16H22N2O2. The van der Waals surface area contributed by atoms with Crippen molar-refractivity contribution in [1.82, 2.24) is 0 Å². The van der Waals surface area contributed by atoms with E-state index in [9.17, 15) is 9.59 Å². The van der Waals surface area contributed by atoms with Crippen molar-refractivity contribution in [3.63, 3.8) is 0 Å². The number of amides is 1. The van der Waals surface area contributed by atoms with Gasteiger partial charge in [0, 0.05) is 30.6 Å². The van der Waals surface area contributed by atoms with Gasteiger partial charge in [-0.1, -0.05) is 6.92 Å². The molecule has 0 aliphatic carbocycles. The molecule has 4 heteroatoms. The maximum atomic E-state index is 12.0. The maximum Gasteiger partial charge on any atom is 0.226 e. The zero-order valence-corrected chi connectivity index (χ0v) is 12.0. The predicted octanol–water partition coefficient (Wildman–Crippen LogP) is 2.30. The van der Waals surface area contributed by atoms with Gasteiger partial charge in [-0.3, -0.25) is 9.59 Å². The van der Waals surface area contributed by atoms with Crippen LogP contribution in [0.3, 0.4) is 0 Å². The van der Waals surface area contributed by atoms with E-state index in [1.807, 2.05) is 30.0 Å². The van der Waals surface area contributed by atoms with E-state index < -0.39 is 0 Å². The monoisotopic (exact) mass is 274 g/mol. The smallest absolute Gasteiger partial charge is 0.226 e. The first-order valence-corrected chi connectivity index (χ1v) is 7.34. The van der Waals surface area contributed by atoms with E-state index in [1.165, 1.54) is 0 Å². The number of nitrogens with zero attached hydrogens (tertiary/aromatic N) is 1. The molecule has 0 radical (unpaired) electrons. The van der Waals surface area contributed by atoms with Crippen LogP contribution in [-0.2, 0) is 11.2 Å². The Hall–Kier alpha value is -1.68. The molecule has 0 saturated heterocycles. The van der Waals surface area contributed by atoms with Crippen LogP contribution in [0.2, 0.25) is 0 Å². The summed E-state index contributed by atoms with van der Waals surface area (Å²) in [4.78, 5) is 25.8. The Bertz CT molecular complexity index is 511. The minimum Gasteiger partial charge on any atom is -0.330 e. The van der Waals surface area contributed by atoms with Crippen LogP contribution in [0.15, 0.2) is 18.2 Å². The molecular weight excluding hydrogens is 252 g/mol. The Morgan fingerprint density at radius 1 is 1.30 bits per heavy atom. The Morgan fingerprint density at radius 2 is 2.10 bits per heavy atom. The summed E-state index contributed by atoms with van der Waals surface area (Å²) in [6.07, 6.45) is 3.49. The predicted molar refractivity (Wildman–Crippen MR) is 80.0 cm³/mol. The van der Waals surface area contributed by atoms with Crippen molar-refractivity contribution in [2.45, 2.75) is 39.0 Å². The van der Waals surface area contributed by atoms with Gasteiger partial charge in [0.05, 0.1) is 0 Å². The highest BCUT2D eigenvalue weighted by molar-refractivity contribution is 5.99. The number of fused-ring (bicyclic) bond motifs is 1. The molecule has 2 rings (SSSR count). The average molecular weight is 274 g/mol. The van der Waals surface area contributed by atoms with Crippen molar-refractivity contribution in [1.29, 1.82) is 0 Å². The molecule has 0 spiro atoms. The second-order valence-corrected chi connectivity index (χ2v) is 5.20. The summed E-state index contributed by atoms with van der Waals surface area (Å²) in [5.74, 6) is 0.310. The van der Waals surface area contributed by atoms with Gasteiger partial charge in [0.15, 0.2) is 5.78 Å². The highest BCUT2D eigenvalue weighted by Crippen LogP contribution is 2.30. The fraction of sp³-hybridized carbons (Fsp3) is 0.500. The fourth-order valence-corrected chi connectivity index (χ4v) is 2.59.